The van der Waals surface area contributed by atoms with Gasteiger partial charge in [-0.2, -0.15) is 0 Å². The second kappa shape index (κ2) is 7.13. The minimum Gasteiger partial charge on any atom is -0.356 e. The molecule has 26 heavy (non-hydrogen) atoms. The molecule has 1 aromatic carbocycles. The van der Waals surface area contributed by atoms with E-state index in [1.807, 2.05) is 17.0 Å². The van der Waals surface area contributed by atoms with Crippen molar-refractivity contribution in [2.75, 3.05) is 26.2 Å². The van der Waals surface area contributed by atoms with Crippen molar-refractivity contribution in [3.8, 4) is 0 Å². The van der Waals surface area contributed by atoms with Crippen LogP contribution in [0.4, 0.5) is 0 Å². The lowest BCUT2D eigenvalue weighted by Gasteiger charge is -2.37. The maximum atomic E-state index is 12.8. The van der Waals surface area contributed by atoms with Crippen LogP contribution in [0.15, 0.2) is 36.5 Å². The molecule has 2 aromatic rings. The molecule has 0 saturated carbocycles. The first-order valence-electron chi connectivity index (χ1n) is 8.84. The number of hydrogen-bond acceptors (Lipinski definition) is 3. The standard InChI is InChI=1S/C19H21ClN4O2/c20-15-10-17(22-12-15)19(26)24-7-5-23(6-8-24)18(25)16-9-13-3-1-2-4-14(13)11-21-16/h1-4,10,12,16,21-22H,5-9,11H2/t16-/m0/s1. The molecule has 2 N–H and O–H groups in total. The van der Waals surface area contributed by atoms with Crippen molar-refractivity contribution in [1.29, 1.82) is 0 Å². The van der Waals surface area contributed by atoms with Gasteiger partial charge in [0, 0.05) is 38.9 Å². The highest BCUT2D eigenvalue weighted by Crippen LogP contribution is 2.18. The molecule has 1 aromatic heterocycles. The molecule has 4 rings (SSSR count). The summed E-state index contributed by atoms with van der Waals surface area (Å²) < 4.78 is 0. The summed E-state index contributed by atoms with van der Waals surface area (Å²) >= 11 is 5.87. The van der Waals surface area contributed by atoms with Crippen molar-refractivity contribution in [3.05, 3.63) is 58.4 Å². The number of hydrogen-bond donors (Lipinski definition) is 2. The number of benzene rings is 1. The number of amides is 2. The maximum Gasteiger partial charge on any atom is 0.270 e. The van der Waals surface area contributed by atoms with Crippen LogP contribution >= 0.6 is 11.6 Å². The molecule has 6 nitrogen and oxygen atoms in total. The van der Waals surface area contributed by atoms with Crippen molar-refractivity contribution in [1.82, 2.24) is 20.1 Å². The quantitative estimate of drug-likeness (QED) is 0.842. The number of fused-ring (bicyclic) bond motifs is 1. The van der Waals surface area contributed by atoms with E-state index in [0.29, 0.717) is 36.9 Å². The van der Waals surface area contributed by atoms with E-state index in [2.05, 4.69) is 22.4 Å². The first kappa shape index (κ1) is 17.1. The smallest absolute Gasteiger partial charge is 0.270 e. The molecule has 0 unspecified atom stereocenters. The van der Waals surface area contributed by atoms with Crippen molar-refractivity contribution < 1.29 is 9.59 Å². The van der Waals surface area contributed by atoms with Gasteiger partial charge in [-0.1, -0.05) is 35.9 Å². The number of H-pyrrole nitrogens is 1. The molecule has 1 saturated heterocycles. The van der Waals surface area contributed by atoms with Gasteiger partial charge in [0.05, 0.1) is 11.1 Å². The van der Waals surface area contributed by atoms with E-state index in [4.69, 9.17) is 11.6 Å². The van der Waals surface area contributed by atoms with Crippen molar-refractivity contribution in [2.24, 2.45) is 0 Å². The van der Waals surface area contributed by atoms with Gasteiger partial charge in [-0.25, -0.2) is 0 Å². The molecule has 2 aliphatic heterocycles. The van der Waals surface area contributed by atoms with Crippen LogP contribution in [-0.2, 0) is 17.8 Å². The molecule has 0 bridgehead atoms. The predicted octanol–water partition coefficient (Wildman–Crippen LogP) is 1.67. The fourth-order valence-corrected chi connectivity index (χ4v) is 3.80. The number of halogens is 1. The van der Waals surface area contributed by atoms with E-state index in [-0.39, 0.29) is 17.9 Å². The normalized spacial score (nSPS) is 20.0. The average molecular weight is 373 g/mol. The minimum atomic E-state index is -0.186. The number of nitrogens with zero attached hydrogens (tertiary/aromatic N) is 2. The van der Waals surface area contributed by atoms with E-state index in [1.54, 1.807) is 17.2 Å². The lowest BCUT2D eigenvalue weighted by molar-refractivity contribution is -0.135. The Balaban J connectivity index is 1.35. The second-order valence-corrected chi connectivity index (χ2v) is 7.19. The summed E-state index contributed by atoms with van der Waals surface area (Å²) in [5.41, 5.74) is 2.99. The zero-order valence-electron chi connectivity index (χ0n) is 14.4. The summed E-state index contributed by atoms with van der Waals surface area (Å²) in [6.45, 7) is 2.89. The summed E-state index contributed by atoms with van der Waals surface area (Å²) in [6, 6.07) is 9.67. The zero-order valence-corrected chi connectivity index (χ0v) is 15.1. The van der Waals surface area contributed by atoms with Crippen molar-refractivity contribution in [2.45, 2.75) is 19.0 Å². The Hall–Kier alpha value is -2.31. The van der Waals surface area contributed by atoms with Gasteiger partial charge in [-0.3, -0.25) is 9.59 Å². The molecule has 1 fully saturated rings. The largest absolute Gasteiger partial charge is 0.356 e. The van der Waals surface area contributed by atoms with E-state index < -0.39 is 0 Å². The van der Waals surface area contributed by atoms with E-state index in [1.165, 1.54) is 11.1 Å². The maximum absolute atomic E-state index is 12.8. The minimum absolute atomic E-state index is 0.0753. The highest BCUT2D eigenvalue weighted by Gasteiger charge is 2.31. The fourth-order valence-electron chi connectivity index (χ4n) is 3.64. The number of aromatic nitrogens is 1. The molecule has 0 aliphatic carbocycles. The summed E-state index contributed by atoms with van der Waals surface area (Å²) in [7, 11) is 0. The van der Waals surface area contributed by atoms with Gasteiger partial charge in [0.25, 0.3) is 5.91 Å². The Kier molecular flexibility index (Phi) is 4.70. The van der Waals surface area contributed by atoms with Gasteiger partial charge in [0.1, 0.15) is 5.69 Å². The first-order chi connectivity index (χ1) is 12.6. The Morgan fingerprint density at radius 2 is 1.73 bits per heavy atom. The summed E-state index contributed by atoms with van der Waals surface area (Å²) in [5.74, 6) is 0.0447. The van der Waals surface area contributed by atoms with Gasteiger partial charge in [0.15, 0.2) is 0 Å². The molecule has 136 valence electrons. The van der Waals surface area contributed by atoms with Gasteiger partial charge >= 0.3 is 0 Å². The Bertz CT molecular complexity index is 826. The first-order valence-corrected chi connectivity index (χ1v) is 9.22. The van der Waals surface area contributed by atoms with Crippen LogP contribution in [-0.4, -0.2) is 58.8 Å². The fraction of sp³-hybridized carbons (Fsp3) is 0.368. The molecule has 0 radical (unpaired) electrons. The topological polar surface area (TPSA) is 68.4 Å². The van der Waals surface area contributed by atoms with Gasteiger partial charge in [0.2, 0.25) is 5.91 Å². The summed E-state index contributed by atoms with van der Waals surface area (Å²) in [5, 5.41) is 3.86. The van der Waals surface area contributed by atoms with Crippen LogP contribution in [0.2, 0.25) is 5.02 Å². The number of aromatic amines is 1. The third-order valence-electron chi connectivity index (χ3n) is 5.14. The Labute approximate surface area is 157 Å². The molecular weight excluding hydrogens is 352 g/mol. The van der Waals surface area contributed by atoms with Crippen LogP contribution in [0, 0.1) is 0 Å². The van der Waals surface area contributed by atoms with E-state index >= 15 is 0 Å². The third kappa shape index (κ3) is 3.34. The number of carbonyl (C=O) groups excluding carboxylic acids is 2. The molecule has 1 atom stereocenters. The monoisotopic (exact) mass is 372 g/mol. The van der Waals surface area contributed by atoms with Crippen molar-refractivity contribution >= 4 is 23.4 Å². The van der Waals surface area contributed by atoms with E-state index in [0.717, 1.165) is 13.0 Å². The summed E-state index contributed by atoms with van der Waals surface area (Å²) in [6.07, 6.45) is 2.32. The average Bonchev–Trinajstić information content (AvgIpc) is 3.13. The lowest BCUT2D eigenvalue weighted by atomic mass is 9.95. The molecule has 3 heterocycles. The summed E-state index contributed by atoms with van der Waals surface area (Å²) in [4.78, 5) is 31.8. The molecule has 0 spiro atoms. The number of carbonyl (C=O) groups is 2. The van der Waals surface area contributed by atoms with Crippen LogP contribution in [0.25, 0.3) is 0 Å². The second-order valence-electron chi connectivity index (χ2n) is 6.76. The number of rotatable bonds is 2. The Morgan fingerprint density at radius 3 is 2.42 bits per heavy atom. The van der Waals surface area contributed by atoms with Gasteiger partial charge in [-0.15, -0.1) is 0 Å². The van der Waals surface area contributed by atoms with Gasteiger partial charge in [-0.05, 0) is 23.6 Å². The molecular formula is C19H21ClN4O2. The van der Waals surface area contributed by atoms with Gasteiger partial charge < -0.3 is 20.1 Å². The van der Waals surface area contributed by atoms with Crippen molar-refractivity contribution in [3.63, 3.8) is 0 Å². The lowest BCUT2D eigenvalue weighted by Crippen LogP contribution is -2.56. The SMILES string of the molecule is O=C(c1cc(Cl)c[nH]1)N1CCN(C(=O)[C@@H]2Cc3ccccc3CN2)CC1. The molecule has 2 aliphatic rings. The Morgan fingerprint density at radius 1 is 1.04 bits per heavy atom. The third-order valence-corrected chi connectivity index (χ3v) is 5.35. The van der Waals surface area contributed by atoms with Crippen LogP contribution < -0.4 is 5.32 Å². The van der Waals surface area contributed by atoms with Crippen LogP contribution in [0.3, 0.4) is 0 Å². The van der Waals surface area contributed by atoms with Crippen LogP contribution in [0.5, 0.6) is 0 Å². The number of nitrogens with one attached hydrogen (secondary N) is 2. The molecule has 7 heteroatoms. The van der Waals surface area contributed by atoms with Crippen LogP contribution in [0.1, 0.15) is 21.6 Å². The highest BCUT2D eigenvalue weighted by atomic mass is 35.5. The van der Waals surface area contributed by atoms with E-state index in [9.17, 15) is 9.59 Å². The highest BCUT2D eigenvalue weighted by molar-refractivity contribution is 6.30. The predicted molar refractivity (Wildman–Crippen MR) is 99.1 cm³/mol. The number of piperazine rings is 1. The molecule has 2 amide bonds. The zero-order chi connectivity index (χ0) is 18.1.